The molecule has 1 aliphatic rings. The molecular weight excluding hydrogens is 443 g/mol. The van der Waals surface area contributed by atoms with Crippen molar-refractivity contribution in [2.24, 2.45) is 0 Å². The Hall–Kier alpha value is -2.11. The fourth-order valence-electron chi connectivity index (χ4n) is 3.20. The molecule has 11 nitrogen and oxygen atoms in total. The topological polar surface area (TPSA) is 116 Å². The molecule has 1 fully saturated rings. The van der Waals surface area contributed by atoms with Crippen LogP contribution in [0.2, 0.25) is 0 Å². The third-order valence-electron chi connectivity index (χ3n) is 5.01. The van der Waals surface area contributed by atoms with Crippen molar-refractivity contribution in [1.29, 1.82) is 0 Å². The van der Waals surface area contributed by atoms with Crippen molar-refractivity contribution in [3.63, 3.8) is 0 Å². The first-order chi connectivity index (χ1) is 15.4. The monoisotopic (exact) mass is 470 g/mol. The number of nitrogens with zero attached hydrogens (tertiary/aromatic N) is 2. The summed E-state index contributed by atoms with van der Waals surface area (Å²) in [5.41, 5.74) is -0.197. The lowest BCUT2D eigenvalue weighted by Crippen LogP contribution is -2.42. The van der Waals surface area contributed by atoms with Crippen LogP contribution in [-0.2, 0) is 45.9 Å². The molecule has 2 aromatic rings. The van der Waals surface area contributed by atoms with Crippen molar-refractivity contribution in [3.05, 3.63) is 69.0 Å². The molecule has 1 aromatic carbocycles. The molecule has 1 saturated heterocycles. The number of hydrogen-bond acceptors (Lipinski definition) is 9. The van der Waals surface area contributed by atoms with E-state index in [0.29, 0.717) is 0 Å². The Morgan fingerprint density at radius 2 is 1.81 bits per heavy atom. The normalized spacial score (nSPS) is 21.2. The molecule has 32 heavy (non-hydrogen) atoms. The van der Waals surface area contributed by atoms with Crippen molar-refractivity contribution in [2.75, 3.05) is 27.7 Å². The maximum absolute atomic E-state index is 13.0. The first kappa shape index (κ1) is 24.5. The van der Waals surface area contributed by atoms with E-state index in [-0.39, 0.29) is 26.1 Å². The summed E-state index contributed by atoms with van der Waals surface area (Å²) in [6.45, 7) is 0.0275. The van der Waals surface area contributed by atoms with E-state index in [4.69, 9.17) is 28.0 Å². The molecule has 0 spiro atoms. The third-order valence-corrected chi connectivity index (χ3v) is 6.59. The van der Waals surface area contributed by atoms with Gasteiger partial charge in [-0.3, -0.25) is 13.9 Å². The van der Waals surface area contributed by atoms with Gasteiger partial charge < -0.3 is 28.0 Å². The van der Waals surface area contributed by atoms with Gasteiger partial charge in [0.2, 0.25) is 0 Å². The van der Waals surface area contributed by atoms with E-state index in [1.165, 1.54) is 38.2 Å². The van der Waals surface area contributed by atoms with Crippen LogP contribution in [-0.4, -0.2) is 49.2 Å². The number of aromatic nitrogens is 2. The molecule has 0 bridgehead atoms. The first-order valence-corrected chi connectivity index (χ1v) is 11.6. The van der Waals surface area contributed by atoms with Gasteiger partial charge >= 0.3 is 13.3 Å². The summed E-state index contributed by atoms with van der Waals surface area (Å²) in [5, 5.41) is 0. The van der Waals surface area contributed by atoms with Crippen LogP contribution in [0.25, 0.3) is 0 Å². The van der Waals surface area contributed by atoms with Crippen molar-refractivity contribution in [1.82, 2.24) is 9.13 Å². The smallest absolute Gasteiger partial charge is 0.355 e. The number of ether oxygens (including phenoxy) is 4. The van der Waals surface area contributed by atoms with Gasteiger partial charge in [-0.15, -0.1) is 0 Å². The molecule has 176 valence electrons. The lowest BCUT2D eigenvalue weighted by Gasteiger charge is -2.21. The van der Waals surface area contributed by atoms with Gasteiger partial charge in [-0.25, -0.2) is 9.36 Å². The van der Waals surface area contributed by atoms with Gasteiger partial charge in [0.05, 0.1) is 6.61 Å². The summed E-state index contributed by atoms with van der Waals surface area (Å²) in [7, 11) is 0.599. The Bertz CT molecular complexity index is 1030. The van der Waals surface area contributed by atoms with Crippen LogP contribution in [0, 0.1) is 0 Å². The second-order valence-electron chi connectivity index (χ2n) is 6.97. The van der Waals surface area contributed by atoms with Gasteiger partial charge in [0.25, 0.3) is 5.56 Å². The summed E-state index contributed by atoms with van der Waals surface area (Å²) in [6, 6.07) is 10.7. The van der Waals surface area contributed by atoms with Gasteiger partial charge in [0, 0.05) is 40.0 Å². The minimum absolute atomic E-state index is 0.220. The third kappa shape index (κ3) is 5.81. The minimum atomic E-state index is -3.39. The molecule has 12 heteroatoms. The van der Waals surface area contributed by atoms with Crippen LogP contribution < -0.4 is 11.2 Å². The number of rotatable bonds is 11. The molecular formula is C20H27N2O9P. The maximum Gasteiger partial charge on any atom is 0.355 e. The summed E-state index contributed by atoms with van der Waals surface area (Å²) in [4.78, 5) is 25.2. The molecule has 2 heterocycles. The van der Waals surface area contributed by atoms with E-state index in [2.05, 4.69) is 0 Å². The summed E-state index contributed by atoms with van der Waals surface area (Å²) in [6.07, 6.45) is -0.932. The average molecular weight is 470 g/mol. The van der Waals surface area contributed by atoms with Crippen LogP contribution in [0.1, 0.15) is 18.2 Å². The highest BCUT2D eigenvalue weighted by molar-refractivity contribution is 7.53. The quantitative estimate of drug-likeness (QED) is 0.454. The predicted octanol–water partition coefficient (Wildman–Crippen LogP) is 1.90. The summed E-state index contributed by atoms with van der Waals surface area (Å²) >= 11 is 0. The summed E-state index contributed by atoms with van der Waals surface area (Å²) in [5.74, 6) is 0. The fourth-order valence-corrected chi connectivity index (χ4v) is 3.91. The second kappa shape index (κ2) is 11.2. The zero-order chi connectivity index (χ0) is 23.1. The van der Waals surface area contributed by atoms with E-state index >= 15 is 0 Å². The Labute approximate surface area is 184 Å². The zero-order valence-corrected chi connectivity index (χ0v) is 19.0. The van der Waals surface area contributed by atoms with E-state index < -0.39 is 37.5 Å². The minimum Gasteiger partial charge on any atom is -0.377 e. The van der Waals surface area contributed by atoms with Gasteiger partial charge in [-0.2, -0.15) is 0 Å². The van der Waals surface area contributed by atoms with Crippen molar-refractivity contribution >= 4 is 7.60 Å². The molecule has 0 unspecified atom stereocenters. The second-order valence-corrected chi connectivity index (χ2v) is 9.18. The lowest BCUT2D eigenvalue weighted by atomic mass is 10.2. The number of methoxy groups -OCH3 is 1. The molecule has 1 aromatic heterocycles. The highest BCUT2D eigenvalue weighted by Crippen LogP contribution is 2.47. The molecule has 0 aliphatic carbocycles. The zero-order valence-electron chi connectivity index (χ0n) is 18.1. The van der Waals surface area contributed by atoms with E-state index in [9.17, 15) is 14.2 Å². The maximum atomic E-state index is 13.0. The Balaban J connectivity index is 1.72. The van der Waals surface area contributed by atoms with Crippen LogP contribution in [0.4, 0.5) is 0 Å². The first-order valence-electron chi connectivity index (χ1n) is 9.85. The number of benzene rings is 1. The molecule has 0 amide bonds. The van der Waals surface area contributed by atoms with E-state index in [1.807, 2.05) is 30.3 Å². The predicted molar refractivity (Wildman–Crippen MR) is 113 cm³/mol. The summed E-state index contributed by atoms with van der Waals surface area (Å²) < 4.78 is 46.4. The largest absolute Gasteiger partial charge is 0.377 e. The lowest BCUT2D eigenvalue weighted by molar-refractivity contribution is -0.149. The Morgan fingerprint density at radius 3 is 2.47 bits per heavy atom. The molecule has 3 rings (SSSR count). The fraction of sp³-hybridized carbons (Fsp3) is 0.500. The molecule has 0 saturated carbocycles. The molecule has 0 N–H and O–H groups in total. The average Bonchev–Trinajstić information content (AvgIpc) is 3.23. The Kier molecular flexibility index (Phi) is 8.55. The van der Waals surface area contributed by atoms with E-state index in [1.54, 1.807) is 0 Å². The highest BCUT2D eigenvalue weighted by Gasteiger charge is 2.39. The van der Waals surface area contributed by atoms with Gasteiger partial charge in [-0.1, -0.05) is 30.3 Å². The van der Waals surface area contributed by atoms with Crippen LogP contribution in [0.15, 0.2) is 52.2 Å². The van der Waals surface area contributed by atoms with E-state index in [0.717, 1.165) is 10.1 Å². The standard InChI is InChI=1S/C20H27N2O9P/c1-26-16-11-18(30-14-32(25,27-2)28-3)31-19(16)21-10-9-17(23)22(20(21)24)13-29-12-15-7-5-4-6-8-15/h4-10,16,18-19H,11-14H2,1-3H3/t16-,18+,19-/m1/s1. The van der Waals surface area contributed by atoms with Crippen LogP contribution >= 0.6 is 7.60 Å². The van der Waals surface area contributed by atoms with Gasteiger partial charge in [-0.05, 0) is 5.56 Å². The van der Waals surface area contributed by atoms with Crippen LogP contribution in [0.5, 0.6) is 0 Å². The molecule has 3 atom stereocenters. The van der Waals surface area contributed by atoms with Crippen molar-refractivity contribution in [3.8, 4) is 0 Å². The van der Waals surface area contributed by atoms with Gasteiger partial charge in [0.1, 0.15) is 12.8 Å². The Morgan fingerprint density at radius 1 is 1.09 bits per heavy atom. The molecule has 1 aliphatic heterocycles. The SMILES string of the molecule is CO[C@@H]1C[C@@H](OCP(=O)(OC)OC)O[C@H]1n1ccc(=O)n(COCc2ccccc2)c1=O. The molecule has 0 radical (unpaired) electrons. The van der Waals surface area contributed by atoms with Crippen molar-refractivity contribution < 1.29 is 32.6 Å². The highest BCUT2D eigenvalue weighted by atomic mass is 31.2. The van der Waals surface area contributed by atoms with Crippen LogP contribution in [0.3, 0.4) is 0 Å². The van der Waals surface area contributed by atoms with Crippen molar-refractivity contribution in [2.45, 2.75) is 38.4 Å². The van der Waals surface area contributed by atoms with Gasteiger partial charge in [0.15, 0.2) is 18.9 Å². The number of hydrogen-bond donors (Lipinski definition) is 0.